The van der Waals surface area contributed by atoms with Gasteiger partial charge in [0.05, 0.1) is 5.69 Å². The Labute approximate surface area is 189 Å². The van der Waals surface area contributed by atoms with E-state index >= 15 is 0 Å². The SMILES string of the molecule is O=C(Nc1ccc2c(c1)OCCO2)C1CCN(C(=O)[C@H]2Sc3ccccc3NC2=O)CC1. The van der Waals surface area contributed by atoms with Gasteiger partial charge in [0.25, 0.3) is 0 Å². The molecule has 8 nitrogen and oxygen atoms in total. The van der Waals surface area contributed by atoms with Crippen molar-refractivity contribution in [2.75, 3.05) is 36.9 Å². The highest BCUT2D eigenvalue weighted by Crippen LogP contribution is 2.37. The number of anilines is 2. The number of piperidine rings is 1. The molecule has 2 aromatic carbocycles. The molecule has 0 saturated carbocycles. The van der Waals surface area contributed by atoms with E-state index in [0.29, 0.717) is 56.3 Å². The summed E-state index contributed by atoms with van der Waals surface area (Å²) < 4.78 is 11.1. The Hall–Kier alpha value is -3.20. The number of rotatable bonds is 3. The molecule has 3 heterocycles. The van der Waals surface area contributed by atoms with Crippen LogP contribution in [0.2, 0.25) is 0 Å². The van der Waals surface area contributed by atoms with Crippen LogP contribution in [0.4, 0.5) is 11.4 Å². The van der Waals surface area contributed by atoms with Crippen LogP contribution >= 0.6 is 11.8 Å². The van der Waals surface area contributed by atoms with E-state index in [4.69, 9.17) is 9.47 Å². The predicted molar refractivity (Wildman–Crippen MR) is 120 cm³/mol. The van der Waals surface area contributed by atoms with Crippen molar-refractivity contribution >= 4 is 40.9 Å². The molecule has 1 fully saturated rings. The third-order valence-electron chi connectivity index (χ3n) is 5.84. The molecule has 3 amide bonds. The lowest BCUT2D eigenvalue weighted by atomic mass is 9.95. The average molecular weight is 454 g/mol. The molecule has 0 aliphatic carbocycles. The Kier molecular flexibility index (Phi) is 5.65. The number of carbonyl (C=O) groups excluding carboxylic acids is 3. The Morgan fingerprint density at radius 3 is 2.59 bits per heavy atom. The summed E-state index contributed by atoms with van der Waals surface area (Å²) in [6, 6.07) is 12.8. The van der Waals surface area contributed by atoms with Crippen LogP contribution in [0.25, 0.3) is 0 Å². The van der Waals surface area contributed by atoms with E-state index < -0.39 is 5.25 Å². The van der Waals surface area contributed by atoms with Gasteiger partial charge in [0.2, 0.25) is 17.7 Å². The van der Waals surface area contributed by atoms with Crippen LogP contribution < -0.4 is 20.1 Å². The summed E-state index contributed by atoms with van der Waals surface area (Å²) in [6.07, 6.45) is 1.11. The summed E-state index contributed by atoms with van der Waals surface area (Å²) in [4.78, 5) is 40.8. The van der Waals surface area contributed by atoms with E-state index in [1.165, 1.54) is 11.8 Å². The van der Waals surface area contributed by atoms with Gasteiger partial charge in [0.15, 0.2) is 16.7 Å². The predicted octanol–water partition coefficient (Wildman–Crippen LogP) is 2.75. The van der Waals surface area contributed by atoms with Crippen molar-refractivity contribution in [3.8, 4) is 11.5 Å². The van der Waals surface area contributed by atoms with Gasteiger partial charge in [-0.05, 0) is 37.1 Å². The third kappa shape index (κ3) is 4.12. The average Bonchev–Trinajstić information content (AvgIpc) is 2.83. The van der Waals surface area contributed by atoms with Crippen molar-refractivity contribution in [1.29, 1.82) is 0 Å². The molecule has 0 unspecified atom stereocenters. The molecule has 166 valence electrons. The number of para-hydroxylation sites is 1. The van der Waals surface area contributed by atoms with Gasteiger partial charge in [-0.15, -0.1) is 11.8 Å². The minimum Gasteiger partial charge on any atom is -0.486 e. The van der Waals surface area contributed by atoms with E-state index in [9.17, 15) is 14.4 Å². The molecule has 3 aliphatic rings. The van der Waals surface area contributed by atoms with Crippen molar-refractivity contribution in [3.05, 3.63) is 42.5 Å². The maximum atomic E-state index is 13.0. The van der Waals surface area contributed by atoms with Gasteiger partial charge in [-0.2, -0.15) is 0 Å². The van der Waals surface area contributed by atoms with Crippen LogP contribution in [0.5, 0.6) is 11.5 Å². The van der Waals surface area contributed by atoms with Crippen molar-refractivity contribution < 1.29 is 23.9 Å². The Morgan fingerprint density at radius 1 is 1.03 bits per heavy atom. The van der Waals surface area contributed by atoms with Crippen molar-refractivity contribution in [2.45, 2.75) is 23.0 Å². The highest BCUT2D eigenvalue weighted by Gasteiger charge is 2.37. The number of benzene rings is 2. The largest absolute Gasteiger partial charge is 0.486 e. The second-order valence-electron chi connectivity index (χ2n) is 7.93. The van der Waals surface area contributed by atoms with Crippen LogP contribution in [0.1, 0.15) is 12.8 Å². The molecule has 0 spiro atoms. The number of likely N-dealkylation sites (tertiary alicyclic amines) is 1. The van der Waals surface area contributed by atoms with Crippen molar-refractivity contribution in [1.82, 2.24) is 4.90 Å². The molecule has 32 heavy (non-hydrogen) atoms. The fraction of sp³-hybridized carbons (Fsp3) is 0.348. The van der Waals surface area contributed by atoms with Crippen LogP contribution in [0.15, 0.2) is 47.4 Å². The van der Waals surface area contributed by atoms with E-state index in [2.05, 4.69) is 10.6 Å². The lowest BCUT2D eigenvalue weighted by Gasteiger charge is -2.34. The fourth-order valence-electron chi connectivity index (χ4n) is 4.11. The number of amides is 3. The standard InChI is InChI=1S/C23H23N3O5S/c27-21(24-15-5-6-17-18(13-15)31-12-11-30-17)14-7-9-26(10-8-14)23(29)20-22(28)25-16-3-1-2-4-19(16)32-20/h1-6,13-14,20H,7-12H2,(H,24,27)(H,25,28)/t20-/m0/s1. The van der Waals surface area contributed by atoms with Gasteiger partial charge in [0, 0.05) is 35.7 Å². The molecule has 3 aliphatic heterocycles. The number of hydrogen-bond acceptors (Lipinski definition) is 6. The van der Waals surface area contributed by atoms with Gasteiger partial charge < -0.3 is 25.0 Å². The molecular formula is C23H23N3O5S. The summed E-state index contributed by atoms with van der Waals surface area (Å²) in [5.41, 5.74) is 1.40. The normalized spacial score (nSPS) is 20.2. The number of carbonyl (C=O) groups is 3. The number of ether oxygens (including phenoxy) is 2. The first kappa shape index (κ1) is 20.7. The maximum Gasteiger partial charge on any atom is 0.247 e. The minimum atomic E-state index is -0.798. The number of hydrogen-bond donors (Lipinski definition) is 2. The second kappa shape index (κ2) is 8.74. The zero-order chi connectivity index (χ0) is 22.1. The van der Waals surface area contributed by atoms with Gasteiger partial charge in [-0.1, -0.05) is 12.1 Å². The molecule has 0 bridgehead atoms. The highest BCUT2D eigenvalue weighted by molar-refractivity contribution is 8.01. The quantitative estimate of drug-likeness (QED) is 0.694. The molecule has 0 radical (unpaired) electrons. The summed E-state index contributed by atoms with van der Waals surface area (Å²) in [5.74, 6) is 0.533. The molecule has 1 saturated heterocycles. The van der Waals surface area contributed by atoms with Gasteiger partial charge in [0.1, 0.15) is 13.2 Å². The van der Waals surface area contributed by atoms with Crippen molar-refractivity contribution in [3.63, 3.8) is 0 Å². The number of fused-ring (bicyclic) bond motifs is 2. The Morgan fingerprint density at radius 2 is 1.78 bits per heavy atom. The lowest BCUT2D eigenvalue weighted by Crippen LogP contribution is -2.48. The minimum absolute atomic E-state index is 0.0764. The topological polar surface area (TPSA) is 97.0 Å². The first-order valence-corrected chi connectivity index (χ1v) is 11.5. The molecular weight excluding hydrogens is 430 g/mol. The van der Waals surface area contributed by atoms with Gasteiger partial charge in [-0.25, -0.2) is 0 Å². The zero-order valence-electron chi connectivity index (χ0n) is 17.3. The first-order valence-electron chi connectivity index (χ1n) is 10.6. The van der Waals surface area contributed by atoms with E-state index in [0.717, 1.165) is 10.6 Å². The molecule has 1 atom stereocenters. The number of nitrogens with zero attached hydrogens (tertiary/aromatic N) is 1. The fourth-order valence-corrected chi connectivity index (χ4v) is 5.18. The highest BCUT2D eigenvalue weighted by atomic mass is 32.2. The number of nitrogens with one attached hydrogen (secondary N) is 2. The van der Waals surface area contributed by atoms with Gasteiger partial charge >= 0.3 is 0 Å². The van der Waals surface area contributed by atoms with E-state index in [1.807, 2.05) is 24.3 Å². The van der Waals surface area contributed by atoms with E-state index in [-0.39, 0.29) is 23.6 Å². The van der Waals surface area contributed by atoms with Crippen LogP contribution in [-0.4, -0.2) is 54.2 Å². The monoisotopic (exact) mass is 453 g/mol. The van der Waals surface area contributed by atoms with Crippen LogP contribution in [0, 0.1) is 5.92 Å². The van der Waals surface area contributed by atoms with E-state index in [1.54, 1.807) is 23.1 Å². The van der Waals surface area contributed by atoms with Gasteiger partial charge in [-0.3, -0.25) is 14.4 Å². The number of thioether (sulfide) groups is 1. The molecule has 5 rings (SSSR count). The summed E-state index contributed by atoms with van der Waals surface area (Å²) >= 11 is 1.28. The molecule has 0 aromatic heterocycles. The summed E-state index contributed by atoms with van der Waals surface area (Å²) in [6.45, 7) is 1.90. The Bertz CT molecular complexity index is 1070. The summed E-state index contributed by atoms with van der Waals surface area (Å²) in [7, 11) is 0. The first-order chi connectivity index (χ1) is 15.6. The lowest BCUT2D eigenvalue weighted by molar-refractivity contribution is -0.136. The summed E-state index contributed by atoms with van der Waals surface area (Å²) in [5, 5.41) is 4.96. The maximum absolute atomic E-state index is 13.0. The second-order valence-corrected chi connectivity index (χ2v) is 9.08. The van der Waals surface area contributed by atoms with Crippen LogP contribution in [0.3, 0.4) is 0 Å². The molecule has 2 N–H and O–H groups in total. The Balaban J connectivity index is 1.17. The third-order valence-corrected chi connectivity index (χ3v) is 7.10. The smallest absolute Gasteiger partial charge is 0.247 e. The molecule has 2 aromatic rings. The van der Waals surface area contributed by atoms with Crippen molar-refractivity contribution in [2.24, 2.45) is 5.92 Å². The van der Waals surface area contributed by atoms with Crippen LogP contribution in [-0.2, 0) is 14.4 Å². The zero-order valence-corrected chi connectivity index (χ0v) is 18.2. The molecule has 9 heteroatoms.